The lowest BCUT2D eigenvalue weighted by Gasteiger charge is -2.35. The van der Waals surface area contributed by atoms with E-state index in [1.54, 1.807) is 25.7 Å². The zero-order valence-corrected chi connectivity index (χ0v) is 14.0. The standard InChI is InChI=1S/C16H22FN3O4/c1-16(2,3)24-15(21)18-11-6-5-9-19(10-11)12-7-4-8-13(14(12)17)20(22)23/h4,7-8,11H,5-6,9-10H2,1-3H3,(H,18,21)/t11-/m0/s1. The number of halogens is 1. The molecule has 1 atom stereocenters. The minimum atomic E-state index is -0.847. The molecule has 132 valence electrons. The number of alkyl carbamates (subject to hydrolysis) is 1. The number of piperidine rings is 1. The maximum absolute atomic E-state index is 14.3. The van der Waals surface area contributed by atoms with Crippen LogP contribution in [0.3, 0.4) is 0 Å². The first kappa shape index (κ1) is 18.0. The van der Waals surface area contributed by atoms with Crippen LogP contribution < -0.4 is 10.2 Å². The highest BCUT2D eigenvalue weighted by Gasteiger charge is 2.27. The van der Waals surface area contributed by atoms with Crippen LogP contribution >= 0.6 is 0 Å². The summed E-state index contributed by atoms with van der Waals surface area (Å²) in [4.78, 5) is 23.7. The van der Waals surface area contributed by atoms with Gasteiger partial charge in [-0.2, -0.15) is 4.39 Å². The molecule has 0 aliphatic carbocycles. The van der Waals surface area contributed by atoms with Crippen LogP contribution in [0.5, 0.6) is 0 Å². The number of carbonyl (C=O) groups excluding carboxylic acids is 1. The molecule has 1 fully saturated rings. The van der Waals surface area contributed by atoms with Crippen LogP contribution in [0.1, 0.15) is 33.6 Å². The van der Waals surface area contributed by atoms with Crippen LogP contribution in [0.2, 0.25) is 0 Å². The molecular formula is C16H22FN3O4. The normalized spacial score (nSPS) is 18.2. The molecule has 1 aromatic rings. The third-order valence-electron chi connectivity index (χ3n) is 3.64. The number of anilines is 1. The van der Waals surface area contributed by atoms with Gasteiger partial charge in [-0.15, -0.1) is 0 Å². The summed E-state index contributed by atoms with van der Waals surface area (Å²) in [7, 11) is 0. The Morgan fingerprint density at radius 3 is 2.79 bits per heavy atom. The molecule has 1 N–H and O–H groups in total. The Morgan fingerprint density at radius 1 is 1.46 bits per heavy atom. The largest absolute Gasteiger partial charge is 0.444 e. The van der Waals surface area contributed by atoms with E-state index >= 15 is 0 Å². The summed E-state index contributed by atoms with van der Waals surface area (Å²) in [5.74, 6) is -0.847. The van der Waals surface area contributed by atoms with E-state index in [1.165, 1.54) is 12.1 Å². The van der Waals surface area contributed by atoms with Gasteiger partial charge < -0.3 is 15.0 Å². The van der Waals surface area contributed by atoms with Gasteiger partial charge in [0.1, 0.15) is 5.60 Å². The molecule has 1 heterocycles. The average molecular weight is 339 g/mol. The molecule has 0 bridgehead atoms. The lowest BCUT2D eigenvalue weighted by atomic mass is 10.0. The van der Waals surface area contributed by atoms with E-state index in [0.29, 0.717) is 13.1 Å². The topological polar surface area (TPSA) is 84.7 Å². The highest BCUT2D eigenvalue weighted by Crippen LogP contribution is 2.29. The Bertz CT molecular complexity index is 630. The van der Waals surface area contributed by atoms with Crippen LogP contribution in [0.4, 0.5) is 20.6 Å². The summed E-state index contributed by atoms with van der Waals surface area (Å²) < 4.78 is 19.5. The van der Waals surface area contributed by atoms with E-state index < -0.39 is 28.1 Å². The summed E-state index contributed by atoms with van der Waals surface area (Å²) in [6, 6.07) is 3.91. The molecule has 1 aromatic carbocycles. The van der Waals surface area contributed by atoms with Gasteiger partial charge >= 0.3 is 11.8 Å². The summed E-state index contributed by atoms with van der Waals surface area (Å²) in [6.07, 6.45) is 0.961. The molecule has 2 rings (SSSR count). The fraction of sp³-hybridized carbons (Fsp3) is 0.562. The van der Waals surface area contributed by atoms with E-state index in [9.17, 15) is 19.3 Å². The Hall–Kier alpha value is -2.38. The third-order valence-corrected chi connectivity index (χ3v) is 3.64. The molecule has 0 aromatic heterocycles. The summed E-state index contributed by atoms with van der Waals surface area (Å²) in [6.45, 7) is 6.27. The highest BCUT2D eigenvalue weighted by molar-refractivity contribution is 5.68. The fourth-order valence-electron chi connectivity index (χ4n) is 2.68. The van der Waals surface area contributed by atoms with Crippen molar-refractivity contribution in [1.29, 1.82) is 0 Å². The lowest BCUT2D eigenvalue weighted by Crippen LogP contribution is -2.49. The Balaban J connectivity index is 2.07. The molecule has 1 aliphatic heterocycles. The molecule has 1 amide bonds. The van der Waals surface area contributed by atoms with Crippen molar-refractivity contribution >= 4 is 17.5 Å². The quantitative estimate of drug-likeness (QED) is 0.675. The number of hydrogen-bond donors (Lipinski definition) is 1. The van der Waals surface area contributed by atoms with E-state index in [2.05, 4.69) is 5.32 Å². The number of ether oxygens (including phenoxy) is 1. The zero-order valence-electron chi connectivity index (χ0n) is 14.0. The van der Waals surface area contributed by atoms with Crippen LogP contribution in [0.15, 0.2) is 18.2 Å². The predicted octanol–water partition coefficient (Wildman–Crippen LogP) is 3.23. The first-order valence-electron chi connectivity index (χ1n) is 7.85. The monoisotopic (exact) mass is 339 g/mol. The molecule has 0 spiro atoms. The molecular weight excluding hydrogens is 317 g/mol. The van der Waals surface area contributed by atoms with Gasteiger partial charge in [-0.25, -0.2) is 4.79 Å². The van der Waals surface area contributed by atoms with E-state index in [1.807, 2.05) is 0 Å². The highest BCUT2D eigenvalue weighted by atomic mass is 19.1. The van der Waals surface area contributed by atoms with Crippen molar-refractivity contribution in [1.82, 2.24) is 5.32 Å². The van der Waals surface area contributed by atoms with Gasteiger partial charge in [0.25, 0.3) is 0 Å². The number of amides is 1. The van der Waals surface area contributed by atoms with Gasteiger partial charge in [0.15, 0.2) is 0 Å². The second kappa shape index (κ2) is 7.02. The number of hydrogen-bond acceptors (Lipinski definition) is 5. The smallest absolute Gasteiger partial charge is 0.407 e. The van der Waals surface area contributed by atoms with Crippen molar-refractivity contribution in [2.75, 3.05) is 18.0 Å². The summed E-state index contributed by atoms with van der Waals surface area (Å²) in [5.41, 5.74) is -0.959. The van der Waals surface area contributed by atoms with Crippen molar-refractivity contribution in [3.63, 3.8) is 0 Å². The Morgan fingerprint density at radius 2 is 2.17 bits per heavy atom. The number of carbonyl (C=O) groups is 1. The van der Waals surface area contributed by atoms with E-state index in [0.717, 1.165) is 18.9 Å². The van der Waals surface area contributed by atoms with Gasteiger partial charge in [0.05, 0.1) is 10.6 Å². The summed E-state index contributed by atoms with van der Waals surface area (Å²) in [5, 5.41) is 13.6. The second-order valence-corrected chi connectivity index (χ2v) is 6.80. The first-order valence-corrected chi connectivity index (χ1v) is 7.85. The summed E-state index contributed by atoms with van der Waals surface area (Å²) >= 11 is 0. The maximum atomic E-state index is 14.3. The van der Waals surface area contributed by atoms with Crippen molar-refractivity contribution in [2.45, 2.75) is 45.3 Å². The number of nitrogens with zero attached hydrogens (tertiary/aromatic N) is 2. The van der Waals surface area contributed by atoms with Crippen LogP contribution in [-0.4, -0.2) is 35.7 Å². The van der Waals surface area contributed by atoms with Gasteiger partial charge in [-0.1, -0.05) is 6.07 Å². The van der Waals surface area contributed by atoms with Gasteiger partial charge in [0, 0.05) is 25.2 Å². The van der Waals surface area contributed by atoms with Gasteiger partial charge in [-0.3, -0.25) is 10.1 Å². The van der Waals surface area contributed by atoms with Crippen molar-refractivity contribution in [2.24, 2.45) is 0 Å². The average Bonchev–Trinajstić information content (AvgIpc) is 2.45. The van der Waals surface area contributed by atoms with E-state index in [4.69, 9.17) is 4.74 Å². The Labute approximate surface area is 139 Å². The first-order chi connectivity index (χ1) is 11.2. The number of nitro benzene ring substituents is 1. The van der Waals surface area contributed by atoms with Crippen LogP contribution in [0.25, 0.3) is 0 Å². The number of rotatable bonds is 3. The third kappa shape index (κ3) is 4.56. The fourth-order valence-corrected chi connectivity index (χ4v) is 2.68. The molecule has 0 saturated carbocycles. The molecule has 1 aliphatic rings. The minimum absolute atomic E-state index is 0.180. The Kier molecular flexibility index (Phi) is 5.26. The molecule has 8 heteroatoms. The predicted molar refractivity (Wildman–Crippen MR) is 87.7 cm³/mol. The van der Waals surface area contributed by atoms with Crippen LogP contribution in [-0.2, 0) is 4.74 Å². The zero-order chi connectivity index (χ0) is 17.9. The molecule has 24 heavy (non-hydrogen) atoms. The molecule has 0 radical (unpaired) electrons. The van der Waals surface area contributed by atoms with Crippen molar-refractivity contribution in [3.05, 3.63) is 34.1 Å². The van der Waals surface area contributed by atoms with Crippen LogP contribution in [0, 0.1) is 15.9 Å². The van der Waals surface area contributed by atoms with Gasteiger partial charge in [-0.05, 0) is 39.7 Å². The van der Waals surface area contributed by atoms with Crippen molar-refractivity contribution in [3.8, 4) is 0 Å². The molecule has 1 saturated heterocycles. The molecule has 0 unspecified atom stereocenters. The number of benzene rings is 1. The number of nitro groups is 1. The maximum Gasteiger partial charge on any atom is 0.407 e. The van der Waals surface area contributed by atoms with E-state index in [-0.39, 0.29) is 11.7 Å². The SMILES string of the molecule is CC(C)(C)OC(=O)N[C@H]1CCCN(c2cccc([N+](=O)[O-])c2F)C1. The van der Waals surface area contributed by atoms with Crippen molar-refractivity contribution < 1.29 is 18.8 Å². The second-order valence-electron chi connectivity index (χ2n) is 6.80. The number of nitrogens with one attached hydrogen (secondary N) is 1. The lowest BCUT2D eigenvalue weighted by molar-refractivity contribution is -0.387. The molecule has 7 nitrogen and oxygen atoms in total. The minimum Gasteiger partial charge on any atom is -0.444 e. The van der Waals surface area contributed by atoms with Gasteiger partial charge in [0.2, 0.25) is 5.82 Å².